The van der Waals surface area contributed by atoms with Crippen molar-refractivity contribution in [2.75, 3.05) is 18.5 Å². The van der Waals surface area contributed by atoms with Crippen molar-refractivity contribution in [1.82, 2.24) is 10.2 Å². The monoisotopic (exact) mass is 455 g/mol. The van der Waals surface area contributed by atoms with Crippen LogP contribution < -0.4 is 10.6 Å². The third-order valence-electron chi connectivity index (χ3n) is 5.88. The normalized spacial score (nSPS) is 20.3. The number of nitrogens with zero attached hydrogens (tertiary/aromatic N) is 1. The number of benzene rings is 1. The van der Waals surface area contributed by atoms with Crippen molar-refractivity contribution >= 4 is 40.2 Å². The van der Waals surface area contributed by atoms with Crippen molar-refractivity contribution in [2.45, 2.75) is 39.2 Å². The molecule has 2 aromatic rings. The lowest BCUT2D eigenvalue weighted by molar-refractivity contribution is -0.134. The number of urea groups is 1. The van der Waals surface area contributed by atoms with Crippen molar-refractivity contribution in [2.24, 2.45) is 5.92 Å². The summed E-state index contributed by atoms with van der Waals surface area (Å²) in [5.41, 5.74) is 0.849. The summed E-state index contributed by atoms with van der Waals surface area (Å²) in [7, 11) is 0. The van der Waals surface area contributed by atoms with E-state index in [-0.39, 0.29) is 18.1 Å². The van der Waals surface area contributed by atoms with Gasteiger partial charge in [-0.1, -0.05) is 30.3 Å². The second-order valence-electron chi connectivity index (χ2n) is 8.17. The van der Waals surface area contributed by atoms with Gasteiger partial charge in [-0.2, -0.15) is 0 Å². The first-order valence-corrected chi connectivity index (χ1v) is 11.4. The van der Waals surface area contributed by atoms with Gasteiger partial charge in [-0.05, 0) is 45.1 Å². The number of carbonyl (C=O) groups excluding carboxylic acids is 4. The number of hydrogen-bond acceptors (Lipinski definition) is 6. The number of hydrogen-bond donors (Lipinski definition) is 2. The summed E-state index contributed by atoms with van der Waals surface area (Å²) in [6, 6.07) is 8.82. The Kier molecular flexibility index (Phi) is 5.77. The maximum atomic E-state index is 12.8. The summed E-state index contributed by atoms with van der Waals surface area (Å²) in [5.74, 6) is -1.38. The minimum atomic E-state index is -0.951. The number of ether oxygens (including phenoxy) is 1. The summed E-state index contributed by atoms with van der Waals surface area (Å²) in [6.07, 6.45) is 1.75. The van der Waals surface area contributed by atoms with Gasteiger partial charge < -0.3 is 15.4 Å². The van der Waals surface area contributed by atoms with Gasteiger partial charge in [-0.25, -0.2) is 9.59 Å². The number of amides is 4. The Morgan fingerprint density at radius 3 is 2.56 bits per heavy atom. The predicted octanol–water partition coefficient (Wildman–Crippen LogP) is 3.56. The predicted molar refractivity (Wildman–Crippen MR) is 120 cm³/mol. The number of aryl methyl sites for hydroxylation is 1. The molecule has 2 fully saturated rings. The number of carbonyl (C=O) groups is 4. The van der Waals surface area contributed by atoms with Crippen LogP contribution in [0, 0.1) is 12.8 Å². The van der Waals surface area contributed by atoms with Crippen molar-refractivity contribution < 1.29 is 23.9 Å². The minimum Gasteiger partial charge on any atom is -0.462 e. The first kappa shape index (κ1) is 22.0. The third-order valence-corrected chi connectivity index (χ3v) is 6.90. The van der Waals surface area contributed by atoms with Gasteiger partial charge in [0.15, 0.2) is 0 Å². The summed E-state index contributed by atoms with van der Waals surface area (Å²) in [5, 5.41) is 5.79. The molecule has 4 rings (SSSR count). The second kappa shape index (κ2) is 8.38. The Balaban J connectivity index is 1.59. The number of imide groups is 1. The van der Waals surface area contributed by atoms with E-state index >= 15 is 0 Å². The van der Waals surface area contributed by atoms with Crippen LogP contribution in [0.1, 0.15) is 41.9 Å². The van der Waals surface area contributed by atoms with Crippen LogP contribution in [0.15, 0.2) is 30.3 Å². The molecule has 2 aliphatic rings. The highest BCUT2D eigenvalue weighted by molar-refractivity contribution is 7.17. The fourth-order valence-electron chi connectivity index (χ4n) is 4.09. The molecular weight excluding hydrogens is 430 g/mol. The Hall–Kier alpha value is -3.20. The Labute approximate surface area is 189 Å². The zero-order chi connectivity index (χ0) is 23.0. The number of thiophene rings is 1. The van der Waals surface area contributed by atoms with Crippen molar-refractivity contribution in [3.63, 3.8) is 0 Å². The summed E-state index contributed by atoms with van der Waals surface area (Å²) >= 11 is 1.26. The van der Waals surface area contributed by atoms with E-state index in [0.29, 0.717) is 10.6 Å². The van der Waals surface area contributed by atoms with Crippen molar-refractivity contribution in [1.29, 1.82) is 0 Å². The molecule has 1 saturated carbocycles. The van der Waals surface area contributed by atoms with Crippen LogP contribution in [0.2, 0.25) is 0 Å². The van der Waals surface area contributed by atoms with E-state index in [1.54, 1.807) is 13.8 Å². The standard InChI is InChI=1S/C23H25N3O5S/c1-4-31-20(28)18-17(14-8-6-5-7-9-14)13(2)32-19(18)24-16(27)12-26-21(29)23(3,15-10-11-15)25-22(26)30/h5-9,15H,4,10-12H2,1-3H3,(H,24,27)(H,25,30). The van der Waals surface area contributed by atoms with Gasteiger partial charge in [0.2, 0.25) is 5.91 Å². The number of nitrogens with one attached hydrogen (secondary N) is 2. The Morgan fingerprint density at radius 2 is 1.94 bits per heavy atom. The largest absolute Gasteiger partial charge is 0.462 e. The highest BCUT2D eigenvalue weighted by Gasteiger charge is 2.56. The van der Waals surface area contributed by atoms with Gasteiger partial charge in [0, 0.05) is 10.4 Å². The van der Waals surface area contributed by atoms with Crippen molar-refractivity contribution in [3.05, 3.63) is 40.8 Å². The van der Waals surface area contributed by atoms with E-state index in [2.05, 4.69) is 10.6 Å². The van der Waals surface area contributed by atoms with E-state index in [1.807, 2.05) is 37.3 Å². The molecule has 1 aromatic heterocycles. The molecule has 2 N–H and O–H groups in total. The molecule has 1 aliphatic carbocycles. The molecule has 4 amide bonds. The SMILES string of the molecule is CCOC(=O)c1c(NC(=O)CN2C(=O)NC(C)(C3CC3)C2=O)sc(C)c1-c1ccccc1. The maximum Gasteiger partial charge on any atom is 0.341 e. The molecule has 1 atom stereocenters. The molecule has 2 heterocycles. The highest BCUT2D eigenvalue weighted by Crippen LogP contribution is 2.43. The molecule has 0 spiro atoms. The van der Waals surface area contributed by atoms with Crippen LogP contribution >= 0.6 is 11.3 Å². The van der Waals surface area contributed by atoms with Crippen LogP contribution in [0.4, 0.5) is 9.80 Å². The molecule has 9 heteroatoms. The lowest BCUT2D eigenvalue weighted by Gasteiger charge is -2.20. The Bertz CT molecular complexity index is 1090. The number of rotatable bonds is 7. The molecule has 32 heavy (non-hydrogen) atoms. The van der Waals surface area contributed by atoms with Gasteiger partial charge in [-0.15, -0.1) is 11.3 Å². The quantitative estimate of drug-likeness (QED) is 0.491. The average molecular weight is 456 g/mol. The molecule has 1 saturated heterocycles. The van der Waals surface area contributed by atoms with Crippen LogP contribution in [0.3, 0.4) is 0 Å². The van der Waals surface area contributed by atoms with Crippen LogP contribution in [0.5, 0.6) is 0 Å². The van der Waals surface area contributed by atoms with Crippen molar-refractivity contribution in [3.8, 4) is 11.1 Å². The molecule has 1 aromatic carbocycles. The molecule has 0 bridgehead atoms. The number of anilines is 1. The first-order chi connectivity index (χ1) is 15.3. The van der Waals surface area contributed by atoms with E-state index in [9.17, 15) is 19.2 Å². The number of esters is 1. The van der Waals surface area contributed by atoms with Gasteiger partial charge in [0.05, 0.1) is 6.61 Å². The Morgan fingerprint density at radius 1 is 1.25 bits per heavy atom. The molecule has 1 aliphatic heterocycles. The lowest BCUT2D eigenvalue weighted by Crippen LogP contribution is -2.46. The average Bonchev–Trinajstić information content (AvgIpc) is 3.53. The molecule has 1 unspecified atom stereocenters. The minimum absolute atomic E-state index is 0.107. The summed E-state index contributed by atoms with van der Waals surface area (Å²) in [6.45, 7) is 5.05. The highest BCUT2D eigenvalue weighted by atomic mass is 32.1. The van der Waals surface area contributed by atoms with Gasteiger partial charge >= 0.3 is 12.0 Å². The van der Waals surface area contributed by atoms with E-state index in [1.165, 1.54) is 11.3 Å². The smallest absolute Gasteiger partial charge is 0.341 e. The van der Waals surface area contributed by atoms with E-state index < -0.39 is 35.9 Å². The molecule has 168 valence electrons. The van der Waals surface area contributed by atoms with Crippen LogP contribution in [-0.4, -0.2) is 47.4 Å². The summed E-state index contributed by atoms with van der Waals surface area (Å²) < 4.78 is 5.24. The van der Waals surface area contributed by atoms with Gasteiger partial charge in [-0.3, -0.25) is 14.5 Å². The molecule has 8 nitrogen and oxygen atoms in total. The zero-order valence-corrected chi connectivity index (χ0v) is 19.0. The lowest BCUT2D eigenvalue weighted by atomic mass is 9.96. The summed E-state index contributed by atoms with van der Waals surface area (Å²) in [4.78, 5) is 52.5. The topological polar surface area (TPSA) is 105 Å². The molecular formula is C23H25N3O5S. The zero-order valence-electron chi connectivity index (χ0n) is 18.2. The van der Waals surface area contributed by atoms with E-state index in [4.69, 9.17) is 4.74 Å². The fraction of sp³-hybridized carbons (Fsp3) is 0.391. The first-order valence-electron chi connectivity index (χ1n) is 10.6. The van der Waals surface area contributed by atoms with Gasteiger partial charge in [0.25, 0.3) is 5.91 Å². The van der Waals surface area contributed by atoms with Crippen LogP contribution in [-0.2, 0) is 14.3 Å². The molecule has 0 radical (unpaired) electrons. The second-order valence-corrected chi connectivity index (χ2v) is 9.39. The fourth-order valence-corrected chi connectivity index (χ4v) is 5.17. The van der Waals surface area contributed by atoms with Gasteiger partial charge in [0.1, 0.15) is 22.6 Å². The third kappa shape index (κ3) is 3.88. The van der Waals surface area contributed by atoms with E-state index in [0.717, 1.165) is 28.2 Å². The maximum absolute atomic E-state index is 12.8. The van der Waals surface area contributed by atoms with Crippen LogP contribution in [0.25, 0.3) is 11.1 Å².